The normalized spacial score (nSPS) is 30.8. The highest BCUT2D eigenvalue weighted by Gasteiger charge is 2.65. The van der Waals surface area contributed by atoms with Gasteiger partial charge < -0.3 is 21.3 Å². The van der Waals surface area contributed by atoms with Gasteiger partial charge in [-0.25, -0.2) is 4.98 Å². The van der Waals surface area contributed by atoms with E-state index in [1.807, 2.05) is 36.4 Å². The van der Waals surface area contributed by atoms with Crippen molar-refractivity contribution in [1.82, 2.24) is 29.3 Å². The van der Waals surface area contributed by atoms with E-state index in [1.54, 1.807) is 0 Å². The molecule has 2 saturated heterocycles. The van der Waals surface area contributed by atoms with Gasteiger partial charge in [-0.3, -0.25) is 4.57 Å². The smallest absolute Gasteiger partial charge is 0.238 e. The Kier molecular flexibility index (Phi) is 7.00. The molecular weight excluding hydrogens is 677 g/mol. The maximum atomic E-state index is 7.10. The molecule has 9 atom stereocenters. The third-order valence-electron chi connectivity index (χ3n) is 15.0. The van der Waals surface area contributed by atoms with Crippen LogP contribution >= 0.6 is 0 Å². The number of para-hydroxylation sites is 1. The average molecular weight is 725 g/mol. The fourth-order valence-corrected chi connectivity index (χ4v) is 12.9. The molecule has 9 unspecified atom stereocenters. The predicted molar refractivity (Wildman–Crippen MR) is 218 cm³/mol. The van der Waals surface area contributed by atoms with Gasteiger partial charge in [0.15, 0.2) is 11.6 Å². The fraction of sp³-hybridized carbons (Fsp3) is 0.383. The second kappa shape index (κ2) is 12.1. The summed E-state index contributed by atoms with van der Waals surface area (Å²) >= 11 is 0. The van der Waals surface area contributed by atoms with Crippen LogP contribution in [0.1, 0.15) is 69.3 Å². The molecule has 8 heteroatoms. The predicted octanol–water partition coefficient (Wildman–Crippen LogP) is 8.57. The van der Waals surface area contributed by atoms with Crippen LogP contribution in [0.3, 0.4) is 0 Å². The Morgan fingerprint density at radius 3 is 1.82 bits per heavy atom. The first kappa shape index (κ1) is 31.9. The van der Waals surface area contributed by atoms with Crippen molar-refractivity contribution in [2.24, 2.45) is 35.1 Å². The van der Waals surface area contributed by atoms with Crippen LogP contribution in [0.2, 0.25) is 0 Å². The molecule has 0 radical (unpaired) electrons. The summed E-state index contributed by atoms with van der Waals surface area (Å²) in [5.74, 6) is 7.18. The van der Waals surface area contributed by atoms with Crippen molar-refractivity contribution in [2.75, 3.05) is 0 Å². The average Bonchev–Trinajstić information content (AvgIpc) is 3.89. The van der Waals surface area contributed by atoms with Gasteiger partial charge in [0.05, 0.1) is 23.1 Å². The molecule has 2 aromatic heterocycles. The third-order valence-corrected chi connectivity index (χ3v) is 15.0. The zero-order valence-electron chi connectivity index (χ0n) is 31.2. The SMILES string of the molecule is NC1=C(N)N2C3CCC(c4ccc5c(c4)c4ccccc4n5-c4nc(-c5ccccc5)nc(-c5ccccc5)n4)CC3C3CCC4C5CCCCC5N1C4C32. The zero-order valence-corrected chi connectivity index (χ0v) is 31.2. The van der Waals surface area contributed by atoms with Crippen LogP contribution in [0.25, 0.3) is 50.5 Å². The lowest BCUT2D eigenvalue weighted by atomic mass is 9.64. The fourth-order valence-electron chi connectivity index (χ4n) is 12.9. The van der Waals surface area contributed by atoms with Crippen molar-refractivity contribution in [3.05, 3.63) is 120 Å². The first-order valence-electron chi connectivity index (χ1n) is 20.8. The summed E-state index contributed by atoms with van der Waals surface area (Å²) in [6.45, 7) is 0. The van der Waals surface area contributed by atoms with Crippen molar-refractivity contribution in [2.45, 2.75) is 87.9 Å². The molecule has 8 nitrogen and oxygen atoms in total. The molecule has 55 heavy (non-hydrogen) atoms. The first-order chi connectivity index (χ1) is 27.1. The van der Waals surface area contributed by atoms with Gasteiger partial charge in [-0.2, -0.15) is 9.97 Å². The van der Waals surface area contributed by atoms with Gasteiger partial charge in [0.25, 0.3) is 0 Å². The highest BCUT2D eigenvalue weighted by atomic mass is 15.4. The second-order valence-corrected chi connectivity index (χ2v) is 17.4. The molecule has 3 aliphatic heterocycles. The maximum absolute atomic E-state index is 7.10. The Hall–Kier alpha value is -5.37. The number of nitrogens with zero attached hydrogens (tertiary/aromatic N) is 6. The molecule has 5 fully saturated rings. The zero-order chi connectivity index (χ0) is 36.4. The van der Waals surface area contributed by atoms with Crippen LogP contribution in [-0.4, -0.2) is 53.5 Å². The lowest BCUT2D eigenvalue weighted by Gasteiger charge is -2.51. The van der Waals surface area contributed by atoms with Gasteiger partial charge in [-0.05, 0) is 98.3 Å². The number of hydrogen-bond acceptors (Lipinski definition) is 7. The van der Waals surface area contributed by atoms with Gasteiger partial charge in [0.2, 0.25) is 5.95 Å². The summed E-state index contributed by atoms with van der Waals surface area (Å²) in [4.78, 5) is 20.6. The van der Waals surface area contributed by atoms with Gasteiger partial charge in [0, 0.05) is 34.0 Å². The summed E-state index contributed by atoms with van der Waals surface area (Å²) in [5.41, 5.74) is 19.8. The van der Waals surface area contributed by atoms with Gasteiger partial charge in [0.1, 0.15) is 11.6 Å². The minimum Gasteiger partial charge on any atom is -0.382 e. The van der Waals surface area contributed by atoms with Gasteiger partial charge in [-0.15, -0.1) is 0 Å². The van der Waals surface area contributed by atoms with Crippen molar-refractivity contribution in [3.63, 3.8) is 0 Å². The molecular formula is C47H48N8. The molecule has 0 bridgehead atoms. The number of nitrogens with two attached hydrogens (primary N) is 2. The van der Waals surface area contributed by atoms with Crippen LogP contribution in [0, 0.1) is 23.7 Å². The number of benzene rings is 4. The minimum absolute atomic E-state index is 0.500. The monoisotopic (exact) mass is 724 g/mol. The molecule has 4 N–H and O–H groups in total. The van der Waals surface area contributed by atoms with Crippen molar-refractivity contribution >= 4 is 21.8 Å². The molecule has 0 amide bonds. The molecule has 3 saturated carbocycles. The topological polar surface area (TPSA) is 102 Å². The third kappa shape index (κ3) is 4.60. The summed E-state index contributed by atoms with van der Waals surface area (Å²) in [5, 5.41) is 2.48. The Morgan fingerprint density at radius 1 is 0.509 bits per heavy atom. The summed E-state index contributed by atoms with van der Waals surface area (Å²) < 4.78 is 2.24. The van der Waals surface area contributed by atoms with Crippen LogP contribution in [0.15, 0.2) is 115 Å². The highest BCUT2D eigenvalue weighted by molar-refractivity contribution is 6.09. The molecule has 5 heterocycles. The minimum atomic E-state index is 0.500. The number of fused-ring (bicyclic) bond motifs is 9. The van der Waals surface area contributed by atoms with Crippen LogP contribution in [0.5, 0.6) is 0 Å². The van der Waals surface area contributed by atoms with Crippen molar-refractivity contribution < 1.29 is 0 Å². The Morgan fingerprint density at radius 2 is 1.11 bits per heavy atom. The quantitative estimate of drug-likeness (QED) is 0.188. The van der Waals surface area contributed by atoms with E-state index in [0.717, 1.165) is 45.6 Å². The van der Waals surface area contributed by atoms with E-state index in [2.05, 4.69) is 81.1 Å². The highest BCUT2D eigenvalue weighted by Crippen LogP contribution is 2.61. The van der Waals surface area contributed by atoms with Crippen LogP contribution in [-0.2, 0) is 0 Å². The number of hydrogen-bond donors (Lipinski definition) is 2. The second-order valence-electron chi connectivity index (χ2n) is 17.4. The van der Waals surface area contributed by atoms with E-state index in [9.17, 15) is 0 Å². The first-order valence-corrected chi connectivity index (χ1v) is 20.8. The van der Waals surface area contributed by atoms with E-state index < -0.39 is 0 Å². The number of rotatable bonds is 4. The number of aromatic nitrogens is 4. The molecule has 276 valence electrons. The molecule has 12 rings (SSSR count). The molecule has 4 aromatic carbocycles. The lowest BCUT2D eigenvalue weighted by molar-refractivity contribution is 0.0413. The lowest BCUT2D eigenvalue weighted by Crippen LogP contribution is -2.61. The molecule has 3 aliphatic carbocycles. The molecule has 6 aliphatic rings. The molecule has 0 spiro atoms. The van der Waals surface area contributed by atoms with E-state index in [4.69, 9.17) is 26.4 Å². The van der Waals surface area contributed by atoms with Crippen LogP contribution in [0.4, 0.5) is 0 Å². The Labute approximate surface area is 322 Å². The standard InChI is InChI=1S/C47H48N8/c48-43-44(49)55-40-24-20-30(26-36(40)34-22-21-33-31-15-7-10-18-38(31)54(43)41(33)42(34)55)29-19-23-39-35(25-29)32-16-8-9-17-37(32)53(39)47-51-45(27-11-3-1-4-12-27)50-46(52-47)28-13-5-2-6-14-28/h1-6,8-9,11-14,16-17,19,23,25,30-31,33-34,36,38,40-42H,7,10,15,18,20-22,24,26,48-49H2. The Balaban J connectivity index is 0.923. The van der Waals surface area contributed by atoms with E-state index in [0.29, 0.717) is 59.5 Å². The van der Waals surface area contributed by atoms with E-state index in [1.165, 1.54) is 74.1 Å². The van der Waals surface area contributed by atoms with Crippen molar-refractivity contribution in [1.29, 1.82) is 0 Å². The van der Waals surface area contributed by atoms with E-state index >= 15 is 0 Å². The van der Waals surface area contributed by atoms with Gasteiger partial charge >= 0.3 is 0 Å². The Bertz CT molecular complexity index is 2430. The summed E-state index contributed by atoms with van der Waals surface area (Å²) in [6.07, 6.45) is 11.6. The van der Waals surface area contributed by atoms with Crippen LogP contribution < -0.4 is 11.5 Å². The summed E-state index contributed by atoms with van der Waals surface area (Å²) in [7, 11) is 0. The maximum Gasteiger partial charge on any atom is 0.238 e. The summed E-state index contributed by atoms with van der Waals surface area (Å²) in [6, 6.07) is 38.6. The molecule has 6 aromatic rings. The van der Waals surface area contributed by atoms with Gasteiger partial charge in [-0.1, -0.05) is 97.8 Å². The largest absolute Gasteiger partial charge is 0.382 e. The van der Waals surface area contributed by atoms with Crippen molar-refractivity contribution in [3.8, 4) is 28.7 Å². The van der Waals surface area contributed by atoms with E-state index in [-0.39, 0.29) is 0 Å².